The van der Waals surface area contributed by atoms with Gasteiger partial charge in [0.15, 0.2) is 11.6 Å². The molecule has 0 aliphatic rings. The van der Waals surface area contributed by atoms with Crippen LogP contribution in [-0.4, -0.2) is 19.5 Å². The minimum Gasteiger partial charge on any atom is -0.278 e. The second-order valence-corrected chi connectivity index (χ2v) is 13.6. The molecule has 10 rings (SSSR count). The molecule has 7 aromatic carbocycles. The Morgan fingerprint density at radius 2 is 0.840 bits per heavy atom. The molecule has 0 bridgehead atoms. The molecule has 3 heterocycles. The molecule has 0 amide bonds. The van der Waals surface area contributed by atoms with Crippen LogP contribution >= 0.6 is 11.3 Å². The first-order chi connectivity index (χ1) is 24.8. The third-order valence-corrected chi connectivity index (χ3v) is 10.6. The van der Waals surface area contributed by atoms with E-state index in [1.165, 1.54) is 42.1 Å². The largest absolute Gasteiger partial charge is 0.278 e. The van der Waals surface area contributed by atoms with E-state index in [2.05, 4.69) is 162 Å². The second kappa shape index (κ2) is 11.6. The molecule has 0 N–H and O–H groups in total. The summed E-state index contributed by atoms with van der Waals surface area (Å²) < 4.78 is 4.73. The van der Waals surface area contributed by atoms with Crippen molar-refractivity contribution in [3.05, 3.63) is 170 Å². The van der Waals surface area contributed by atoms with Gasteiger partial charge in [0.05, 0.1) is 11.0 Å². The minimum atomic E-state index is 0.593. The van der Waals surface area contributed by atoms with Crippen molar-refractivity contribution in [2.45, 2.75) is 0 Å². The Hall–Kier alpha value is -6.43. The van der Waals surface area contributed by atoms with Gasteiger partial charge in [0.2, 0.25) is 5.95 Å². The van der Waals surface area contributed by atoms with Gasteiger partial charge in [0, 0.05) is 42.1 Å². The molecule has 0 saturated heterocycles. The maximum atomic E-state index is 5.21. The lowest BCUT2D eigenvalue weighted by molar-refractivity contribution is 0.954. The fourth-order valence-electron chi connectivity index (χ4n) is 7.01. The van der Waals surface area contributed by atoms with E-state index >= 15 is 0 Å². The summed E-state index contributed by atoms with van der Waals surface area (Å²) in [6.45, 7) is 0. The van der Waals surface area contributed by atoms with Crippen LogP contribution in [-0.2, 0) is 0 Å². The highest BCUT2D eigenvalue weighted by molar-refractivity contribution is 7.25. The predicted molar refractivity (Wildman–Crippen MR) is 209 cm³/mol. The molecule has 0 atom stereocenters. The topological polar surface area (TPSA) is 43.6 Å². The number of thiophene rings is 1. The molecule has 0 unspecified atom stereocenters. The van der Waals surface area contributed by atoms with Crippen LogP contribution in [0.3, 0.4) is 0 Å². The fraction of sp³-hybridized carbons (Fsp3) is 0. The quantitative estimate of drug-likeness (QED) is 0.185. The Kier molecular flexibility index (Phi) is 6.64. The van der Waals surface area contributed by atoms with Crippen LogP contribution in [0.1, 0.15) is 0 Å². The van der Waals surface area contributed by atoms with Gasteiger partial charge in [0.25, 0.3) is 0 Å². The van der Waals surface area contributed by atoms with Crippen LogP contribution in [0.2, 0.25) is 0 Å². The first-order valence-corrected chi connectivity index (χ1v) is 17.5. The first kappa shape index (κ1) is 28.6. The lowest BCUT2D eigenvalue weighted by Gasteiger charge is -2.12. The van der Waals surface area contributed by atoms with Crippen molar-refractivity contribution in [2.24, 2.45) is 0 Å². The summed E-state index contributed by atoms with van der Waals surface area (Å²) in [6, 6.07) is 59.7. The van der Waals surface area contributed by atoms with Gasteiger partial charge in [-0.05, 0) is 46.5 Å². The van der Waals surface area contributed by atoms with Crippen LogP contribution in [0.25, 0.3) is 93.0 Å². The van der Waals surface area contributed by atoms with E-state index in [9.17, 15) is 0 Å². The third kappa shape index (κ3) is 4.79. The predicted octanol–water partition coefficient (Wildman–Crippen LogP) is 12.0. The molecule has 0 saturated carbocycles. The summed E-state index contributed by atoms with van der Waals surface area (Å²) in [6.07, 6.45) is 0. The van der Waals surface area contributed by atoms with Gasteiger partial charge in [0.1, 0.15) is 0 Å². The standard InChI is InChI=1S/C45H28N4S/c1-3-11-29(12-4-1)31-19-23-33(24-20-31)43-46-44(34-25-21-32(22-26-34)30-13-5-2-6-14-30)48-45(47-43)49-39-17-9-7-15-35(39)37-27-38-36-16-8-10-18-41(36)50-42(38)28-40(37)49/h1-28H. The average Bonchev–Trinajstić information content (AvgIpc) is 3.72. The molecule has 10 aromatic rings. The normalized spacial score (nSPS) is 11.6. The minimum absolute atomic E-state index is 0.593. The smallest absolute Gasteiger partial charge is 0.238 e. The second-order valence-electron chi connectivity index (χ2n) is 12.5. The molecule has 4 nitrogen and oxygen atoms in total. The Balaban J connectivity index is 1.19. The van der Waals surface area contributed by atoms with Crippen LogP contribution < -0.4 is 0 Å². The van der Waals surface area contributed by atoms with Crippen LogP contribution in [0.4, 0.5) is 0 Å². The van der Waals surface area contributed by atoms with E-state index in [4.69, 9.17) is 15.0 Å². The van der Waals surface area contributed by atoms with Gasteiger partial charge >= 0.3 is 0 Å². The molecule has 0 fully saturated rings. The van der Waals surface area contributed by atoms with Gasteiger partial charge in [-0.25, -0.2) is 4.98 Å². The molecule has 50 heavy (non-hydrogen) atoms. The number of fused-ring (bicyclic) bond motifs is 6. The molecule has 0 aliphatic carbocycles. The monoisotopic (exact) mass is 656 g/mol. The molecule has 5 heteroatoms. The lowest BCUT2D eigenvalue weighted by Crippen LogP contribution is -2.06. The maximum absolute atomic E-state index is 5.21. The van der Waals surface area contributed by atoms with Crippen molar-refractivity contribution in [3.8, 4) is 51.0 Å². The summed E-state index contributed by atoms with van der Waals surface area (Å²) in [5, 5.41) is 4.91. The van der Waals surface area contributed by atoms with Crippen molar-refractivity contribution in [3.63, 3.8) is 0 Å². The van der Waals surface area contributed by atoms with Gasteiger partial charge in [-0.15, -0.1) is 11.3 Å². The van der Waals surface area contributed by atoms with E-state index in [1.807, 2.05) is 23.5 Å². The van der Waals surface area contributed by atoms with Gasteiger partial charge in [-0.3, -0.25) is 4.57 Å². The van der Waals surface area contributed by atoms with Crippen molar-refractivity contribution in [2.75, 3.05) is 0 Å². The van der Waals surface area contributed by atoms with E-state index in [0.29, 0.717) is 17.6 Å². The van der Waals surface area contributed by atoms with Crippen molar-refractivity contribution >= 4 is 53.3 Å². The number of hydrogen-bond acceptors (Lipinski definition) is 4. The Morgan fingerprint density at radius 3 is 1.46 bits per heavy atom. The molecule has 0 aliphatic heterocycles. The zero-order valence-electron chi connectivity index (χ0n) is 26.9. The maximum Gasteiger partial charge on any atom is 0.238 e. The highest BCUT2D eigenvalue weighted by Crippen LogP contribution is 2.40. The number of hydrogen-bond donors (Lipinski definition) is 0. The number of aromatic nitrogens is 4. The number of rotatable bonds is 5. The Bertz CT molecular complexity index is 2740. The molecule has 0 radical (unpaired) electrons. The zero-order chi connectivity index (χ0) is 33.0. The molecule has 0 spiro atoms. The van der Waals surface area contributed by atoms with Gasteiger partial charge in [-0.1, -0.05) is 146 Å². The molecular formula is C45H28N4S. The number of benzene rings is 7. The van der Waals surface area contributed by atoms with E-state index in [0.717, 1.165) is 33.3 Å². The summed E-state index contributed by atoms with van der Waals surface area (Å²) in [5.41, 5.74) is 8.65. The van der Waals surface area contributed by atoms with E-state index in [1.54, 1.807) is 0 Å². The molecular weight excluding hydrogens is 629 g/mol. The SMILES string of the molecule is c1ccc(-c2ccc(-c3nc(-c4ccc(-c5ccccc5)cc4)nc(-n4c5ccccc5c5cc6c(cc54)sc4ccccc46)n3)cc2)cc1. The van der Waals surface area contributed by atoms with E-state index in [-0.39, 0.29) is 0 Å². The lowest BCUT2D eigenvalue weighted by atomic mass is 10.0. The zero-order valence-corrected chi connectivity index (χ0v) is 27.7. The van der Waals surface area contributed by atoms with Gasteiger partial charge < -0.3 is 0 Å². The van der Waals surface area contributed by atoms with E-state index < -0.39 is 0 Å². The number of para-hydroxylation sites is 1. The Labute approximate surface area is 292 Å². The molecule has 3 aromatic heterocycles. The summed E-state index contributed by atoms with van der Waals surface area (Å²) in [4.78, 5) is 15.5. The average molecular weight is 657 g/mol. The van der Waals surface area contributed by atoms with Gasteiger partial charge in [-0.2, -0.15) is 9.97 Å². The van der Waals surface area contributed by atoms with Crippen LogP contribution in [0, 0.1) is 0 Å². The first-order valence-electron chi connectivity index (χ1n) is 16.7. The number of nitrogens with zero attached hydrogens (tertiary/aromatic N) is 4. The van der Waals surface area contributed by atoms with Crippen molar-refractivity contribution in [1.82, 2.24) is 19.5 Å². The van der Waals surface area contributed by atoms with Crippen molar-refractivity contribution < 1.29 is 0 Å². The van der Waals surface area contributed by atoms with Crippen molar-refractivity contribution in [1.29, 1.82) is 0 Å². The van der Waals surface area contributed by atoms with Crippen LogP contribution in [0.5, 0.6) is 0 Å². The van der Waals surface area contributed by atoms with Crippen LogP contribution in [0.15, 0.2) is 170 Å². The highest BCUT2D eigenvalue weighted by Gasteiger charge is 2.19. The third-order valence-electron chi connectivity index (χ3n) is 9.50. The summed E-state index contributed by atoms with van der Waals surface area (Å²) in [5.74, 6) is 1.85. The Morgan fingerprint density at radius 1 is 0.340 bits per heavy atom. The summed E-state index contributed by atoms with van der Waals surface area (Å²) >= 11 is 1.82. The fourth-order valence-corrected chi connectivity index (χ4v) is 8.13. The molecule has 234 valence electrons. The summed E-state index contributed by atoms with van der Waals surface area (Å²) in [7, 11) is 0. The highest BCUT2D eigenvalue weighted by atomic mass is 32.1.